The first kappa shape index (κ1) is 16.0. The zero-order valence-electron chi connectivity index (χ0n) is 14.2. The molecule has 7 nitrogen and oxygen atoms in total. The largest absolute Gasteiger partial charge is 0.387 e. The molecule has 1 amide bonds. The average Bonchev–Trinajstić information content (AvgIpc) is 3.16. The molecular weight excluding hydrogens is 306 g/mol. The molecule has 0 atom stereocenters. The van der Waals surface area contributed by atoms with Crippen molar-refractivity contribution in [3.8, 4) is 0 Å². The molecule has 132 valence electrons. The van der Waals surface area contributed by atoms with Gasteiger partial charge < -0.3 is 14.6 Å². The van der Waals surface area contributed by atoms with Crippen LogP contribution in [-0.2, 0) is 11.3 Å². The van der Waals surface area contributed by atoms with Gasteiger partial charge >= 0.3 is 0 Å². The maximum Gasteiger partial charge on any atom is 0.248 e. The molecular formula is C17H27N5O2. The van der Waals surface area contributed by atoms with Crippen LogP contribution in [0, 0.1) is 0 Å². The van der Waals surface area contributed by atoms with Crippen LogP contribution in [0.3, 0.4) is 0 Å². The number of hydrogen-bond donors (Lipinski definition) is 1. The number of carbonyl (C=O) groups is 1. The van der Waals surface area contributed by atoms with Crippen LogP contribution in [-0.4, -0.2) is 68.4 Å². The Bertz CT molecular complexity index is 584. The summed E-state index contributed by atoms with van der Waals surface area (Å²) < 4.78 is 2.41. The molecule has 0 bridgehead atoms. The van der Waals surface area contributed by atoms with E-state index >= 15 is 0 Å². The highest BCUT2D eigenvalue weighted by Gasteiger charge is 2.34. The van der Waals surface area contributed by atoms with E-state index in [1.807, 2.05) is 0 Å². The fourth-order valence-electron chi connectivity index (χ4n) is 4.08. The van der Waals surface area contributed by atoms with E-state index in [2.05, 4.69) is 19.7 Å². The molecule has 1 aromatic rings. The minimum Gasteiger partial charge on any atom is -0.387 e. The Labute approximate surface area is 142 Å². The highest BCUT2D eigenvalue weighted by atomic mass is 16.3. The summed E-state index contributed by atoms with van der Waals surface area (Å²) in [5.74, 6) is 2.48. The van der Waals surface area contributed by atoms with Crippen LogP contribution < -0.4 is 0 Å². The lowest BCUT2D eigenvalue weighted by atomic mass is 9.95. The fourth-order valence-corrected chi connectivity index (χ4v) is 4.08. The number of hydrogen-bond acceptors (Lipinski definition) is 5. The van der Waals surface area contributed by atoms with Crippen LogP contribution in [0.1, 0.15) is 62.1 Å². The number of aromatic nitrogens is 3. The van der Waals surface area contributed by atoms with E-state index in [1.165, 1.54) is 38.8 Å². The van der Waals surface area contributed by atoms with E-state index in [-0.39, 0.29) is 12.5 Å². The molecule has 0 radical (unpaired) electrons. The van der Waals surface area contributed by atoms with Crippen molar-refractivity contribution >= 4 is 5.91 Å². The van der Waals surface area contributed by atoms with Crippen molar-refractivity contribution in [1.29, 1.82) is 0 Å². The second kappa shape index (κ2) is 6.80. The van der Waals surface area contributed by atoms with Gasteiger partial charge in [-0.25, -0.2) is 0 Å². The van der Waals surface area contributed by atoms with E-state index in [4.69, 9.17) is 5.11 Å². The summed E-state index contributed by atoms with van der Waals surface area (Å²) in [5.41, 5.74) is 0. The number of aliphatic hydroxyl groups excluding tert-OH is 1. The van der Waals surface area contributed by atoms with Crippen LogP contribution >= 0.6 is 0 Å². The van der Waals surface area contributed by atoms with Gasteiger partial charge in [-0.1, -0.05) is 0 Å². The summed E-state index contributed by atoms with van der Waals surface area (Å²) in [6, 6.07) is 0.588. The van der Waals surface area contributed by atoms with Gasteiger partial charge in [0.1, 0.15) is 18.3 Å². The van der Waals surface area contributed by atoms with Crippen molar-refractivity contribution in [2.24, 2.45) is 0 Å². The topological polar surface area (TPSA) is 74.5 Å². The van der Waals surface area contributed by atoms with Gasteiger partial charge in [0, 0.05) is 25.0 Å². The lowest BCUT2D eigenvalue weighted by Gasteiger charge is -2.31. The third-order valence-electron chi connectivity index (χ3n) is 5.62. The number of nitrogens with zero attached hydrogens (tertiary/aromatic N) is 5. The number of carbonyl (C=O) groups excluding carboxylic acids is 1. The molecule has 3 heterocycles. The average molecular weight is 333 g/mol. The molecule has 1 aliphatic carbocycles. The molecule has 24 heavy (non-hydrogen) atoms. The normalized spacial score (nSPS) is 23.1. The molecule has 4 rings (SSSR count). The summed E-state index contributed by atoms with van der Waals surface area (Å²) in [6.45, 7) is 4.31. The van der Waals surface area contributed by atoms with Gasteiger partial charge in [-0.2, -0.15) is 0 Å². The Morgan fingerprint density at radius 1 is 1.04 bits per heavy atom. The minimum absolute atomic E-state index is 0.160. The highest BCUT2D eigenvalue weighted by molar-refractivity contribution is 5.77. The van der Waals surface area contributed by atoms with Crippen LogP contribution in [0.15, 0.2) is 0 Å². The van der Waals surface area contributed by atoms with Crippen LogP contribution in [0.5, 0.6) is 0 Å². The van der Waals surface area contributed by atoms with Gasteiger partial charge in [0.15, 0.2) is 0 Å². The first-order valence-corrected chi connectivity index (χ1v) is 9.31. The summed E-state index contributed by atoms with van der Waals surface area (Å²) in [7, 11) is 0. The number of aliphatic hydroxyl groups is 1. The lowest BCUT2D eigenvalue weighted by Crippen LogP contribution is -2.39. The molecule has 2 saturated heterocycles. The van der Waals surface area contributed by atoms with Crippen LogP contribution in [0.4, 0.5) is 0 Å². The maximum absolute atomic E-state index is 11.6. The molecule has 1 N–H and O–H groups in total. The van der Waals surface area contributed by atoms with Crippen LogP contribution in [0.2, 0.25) is 0 Å². The van der Waals surface area contributed by atoms with Crippen molar-refractivity contribution in [3.63, 3.8) is 0 Å². The Hall–Kier alpha value is -1.47. The molecule has 1 saturated carbocycles. The van der Waals surface area contributed by atoms with E-state index in [1.54, 1.807) is 4.90 Å². The highest BCUT2D eigenvalue weighted by Crippen LogP contribution is 2.40. The smallest absolute Gasteiger partial charge is 0.248 e. The molecule has 2 aliphatic heterocycles. The second-order valence-corrected chi connectivity index (χ2v) is 7.37. The standard InChI is InChI=1S/C17H27N5O2/c23-12-16(24)21-9-5-13(6-10-21)17-19-18-15(22(17)14-3-4-14)11-20-7-1-2-8-20/h13-14,23H,1-12H2. The lowest BCUT2D eigenvalue weighted by molar-refractivity contribution is -0.135. The first-order chi connectivity index (χ1) is 11.8. The Morgan fingerprint density at radius 2 is 1.75 bits per heavy atom. The first-order valence-electron chi connectivity index (χ1n) is 9.31. The Balaban J connectivity index is 1.47. The van der Waals surface area contributed by atoms with Gasteiger partial charge in [-0.3, -0.25) is 9.69 Å². The fraction of sp³-hybridized carbons (Fsp3) is 0.824. The Morgan fingerprint density at radius 3 is 2.38 bits per heavy atom. The van der Waals surface area contributed by atoms with Gasteiger partial charge in [-0.15, -0.1) is 10.2 Å². The van der Waals surface area contributed by atoms with Crippen molar-refractivity contribution < 1.29 is 9.90 Å². The number of amides is 1. The molecule has 0 spiro atoms. The zero-order valence-corrected chi connectivity index (χ0v) is 14.2. The summed E-state index contributed by atoms with van der Waals surface area (Å²) in [4.78, 5) is 15.9. The van der Waals surface area contributed by atoms with Crippen molar-refractivity contribution in [3.05, 3.63) is 11.6 Å². The molecule has 3 fully saturated rings. The quantitative estimate of drug-likeness (QED) is 0.867. The molecule has 0 unspecified atom stereocenters. The SMILES string of the molecule is O=C(CO)N1CCC(c2nnc(CN3CCCC3)n2C2CC2)CC1. The second-order valence-electron chi connectivity index (χ2n) is 7.37. The minimum atomic E-state index is -0.386. The van der Waals surface area contributed by atoms with E-state index in [0.29, 0.717) is 25.0 Å². The monoisotopic (exact) mass is 333 g/mol. The zero-order chi connectivity index (χ0) is 16.5. The number of piperidine rings is 1. The third kappa shape index (κ3) is 3.19. The predicted molar refractivity (Wildman–Crippen MR) is 88.4 cm³/mol. The van der Waals surface area contributed by atoms with Gasteiger partial charge in [-0.05, 0) is 51.6 Å². The van der Waals surface area contributed by atoms with Gasteiger partial charge in [0.25, 0.3) is 0 Å². The van der Waals surface area contributed by atoms with E-state index < -0.39 is 0 Å². The van der Waals surface area contributed by atoms with Crippen LogP contribution in [0.25, 0.3) is 0 Å². The van der Waals surface area contributed by atoms with Crippen molar-refractivity contribution in [1.82, 2.24) is 24.6 Å². The Kier molecular flexibility index (Phi) is 4.54. The third-order valence-corrected chi connectivity index (χ3v) is 5.62. The van der Waals surface area contributed by atoms with Crippen molar-refractivity contribution in [2.45, 2.75) is 57.0 Å². The molecule has 0 aromatic carbocycles. The summed E-state index contributed by atoms with van der Waals surface area (Å²) in [6.07, 6.45) is 6.89. The maximum atomic E-state index is 11.6. The summed E-state index contributed by atoms with van der Waals surface area (Å²) in [5, 5.41) is 18.1. The predicted octanol–water partition coefficient (Wildman–Crippen LogP) is 0.907. The van der Waals surface area contributed by atoms with Gasteiger partial charge in [0.2, 0.25) is 5.91 Å². The van der Waals surface area contributed by atoms with E-state index in [0.717, 1.165) is 31.0 Å². The molecule has 7 heteroatoms. The number of rotatable bonds is 5. The number of likely N-dealkylation sites (tertiary alicyclic amines) is 2. The van der Waals surface area contributed by atoms with Gasteiger partial charge in [0.05, 0.1) is 6.54 Å². The van der Waals surface area contributed by atoms with E-state index in [9.17, 15) is 4.79 Å². The molecule has 1 aromatic heterocycles. The summed E-state index contributed by atoms with van der Waals surface area (Å²) >= 11 is 0. The molecule has 3 aliphatic rings. The van der Waals surface area contributed by atoms with Crippen molar-refractivity contribution in [2.75, 3.05) is 32.8 Å².